The lowest BCUT2D eigenvalue weighted by Crippen LogP contribution is -2.45. The molecule has 2 aromatic rings. The van der Waals surface area contributed by atoms with E-state index in [9.17, 15) is 19.2 Å². The summed E-state index contributed by atoms with van der Waals surface area (Å²) in [6.07, 6.45) is 0.427. The predicted octanol–water partition coefficient (Wildman–Crippen LogP) is 5.63. The Morgan fingerprint density at radius 1 is 1.03 bits per heavy atom. The Kier molecular flexibility index (Phi) is 9.63. The standard InChI is InChI=1S/C29H36N2O7/c1-6-36-28(35)31(27(34)29(2,3)4)21-10-9-11-24(38-25-12-7-8-17-37-25)26(21)23(33)18-22(32)19-13-15-20(30-5)16-14-19/h9-11,13-16,25,30H,6-8,12,17-18H2,1-5H3. The molecule has 1 heterocycles. The van der Waals surface area contributed by atoms with Crippen LogP contribution in [0.4, 0.5) is 16.2 Å². The second-order valence-electron chi connectivity index (χ2n) is 10.0. The molecule has 0 bridgehead atoms. The third kappa shape index (κ3) is 6.98. The molecule has 0 saturated carbocycles. The highest BCUT2D eigenvalue weighted by atomic mass is 16.7. The molecule has 0 aliphatic carbocycles. The second kappa shape index (κ2) is 12.7. The SMILES string of the molecule is CCOC(=O)N(C(=O)C(C)(C)C)c1cccc(OC2CCCCO2)c1C(=O)CC(=O)c1ccc(NC)cc1. The predicted molar refractivity (Wildman–Crippen MR) is 144 cm³/mol. The number of anilines is 2. The topological polar surface area (TPSA) is 111 Å². The monoisotopic (exact) mass is 524 g/mol. The number of ketones is 2. The molecule has 9 heteroatoms. The summed E-state index contributed by atoms with van der Waals surface area (Å²) in [5.41, 5.74) is 0.169. The zero-order valence-electron chi connectivity index (χ0n) is 22.7. The van der Waals surface area contributed by atoms with Crippen molar-refractivity contribution in [2.45, 2.75) is 59.7 Å². The van der Waals surface area contributed by atoms with Crippen LogP contribution in [0, 0.1) is 5.41 Å². The van der Waals surface area contributed by atoms with Crippen molar-refractivity contribution in [3.63, 3.8) is 0 Å². The Morgan fingerprint density at radius 3 is 2.32 bits per heavy atom. The average Bonchev–Trinajstić information content (AvgIpc) is 2.89. The summed E-state index contributed by atoms with van der Waals surface area (Å²) >= 11 is 0. The van der Waals surface area contributed by atoms with Gasteiger partial charge in [-0.1, -0.05) is 26.8 Å². The van der Waals surface area contributed by atoms with Gasteiger partial charge in [-0.2, -0.15) is 0 Å². The van der Waals surface area contributed by atoms with Crippen LogP contribution in [0.15, 0.2) is 42.5 Å². The van der Waals surface area contributed by atoms with Gasteiger partial charge in [-0.05, 0) is 56.2 Å². The van der Waals surface area contributed by atoms with E-state index < -0.39 is 41.7 Å². The van der Waals surface area contributed by atoms with E-state index >= 15 is 0 Å². The normalized spacial score (nSPS) is 15.3. The van der Waals surface area contributed by atoms with E-state index in [-0.39, 0.29) is 23.6 Å². The Morgan fingerprint density at radius 2 is 1.74 bits per heavy atom. The van der Waals surface area contributed by atoms with Crippen LogP contribution in [-0.2, 0) is 14.3 Å². The molecule has 0 radical (unpaired) electrons. The van der Waals surface area contributed by atoms with Gasteiger partial charge in [0.1, 0.15) is 5.75 Å². The van der Waals surface area contributed by atoms with Gasteiger partial charge in [0, 0.05) is 30.1 Å². The number of nitrogens with zero attached hydrogens (tertiary/aromatic N) is 1. The number of imide groups is 1. The maximum Gasteiger partial charge on any atom is 0.421 e. The van der Waals surface area contributed by atoms with Crippen LogP contribution in [0.25, 0.3) is 0 Å². The van der Waals surface area contributed by atoms with Crippen LogP contribution in [-0.4, -0.2) is 50.1 Å². The molecule has 1 unspecified atom stereocenters. The number of rotatable bonds is 9. The van der Waals surface area contributed by atoms with E-state index in [0.717, 1.165) is 23.4 Å². The molecule has 1 fully saturated rings. The maximum atomic E-state index is 13.7. The second-order valence-corrected chi connectivity index (χ2v) is 10.0. The van der Waals surface area contributed by atoms with Gasteiger partial charge in [-0.3, -0.25) is 14.4 Å². The first-order chi connectivity index (χ1) is 18.1. The number of amides is 2. The molecule has 0 spiro atoms. The largest absolute Gasteiger partial charge is 0.464 e. The number of carbonyl (C=O) groups is 4. The fourth-order valence-corrected chi connectivity index (χ4v) is 4.00. The lowest BCUT2D eigenvalue weighted by molar-refractivity contribution is -0.125. The van der Waals surface area contributed by atoms with Crippen molar-refractivity contribution >= 4 is 34.9 Å². The third-order valence-electron chi connectivity index (χ3n) is 6.03. The van der Waals surface area contributed by atoms with Gasteiger partial charge in [0.15, 0.2) is 17.9 Å². The van der Waals surface area contributed by atoms with E-state index in [1.165, 1.54) is 6.07 Å². The van der Waals surface area contributed by atoms with Crippen molar-refractivity contribution in [1.82, 2.24) is 0 Å². The Labute approximate surface area is 223 Å². The minimum absolute atomic E-state index is 0.0000142. The minimum atomic E-state index is -0.971. The lowest BCUT2D eigenvalue weighted by atomic mass is 9.93. The quantitative estimate of drug-likeness (QED) is 0.332. The third-order valence-corrected chi connectivity index (χ3v) is 6.03. The van der Waals surface area contributed by atoms with Crippen molar-refractivity contribution in [3.8, 4) is 5.75 Å². The fraction of sp³-hybridized carbons (Fsp3) is 0.448. The fourth-order valence-electron chi connectivity index (χ4n) is 4.00. The van der Waals surface area contributed by atoms with Crippen molar-refractivity contribution in [3.05, 3.63) is 53.6 Å². The molecule has 1 N–H and O–H groups in total. The van der Waals surface area contributed by atoms with Gasteiger partial charge in [0.25, 0.3) is 0 Å². The number of benzene rings is 2. The summed E-state index contributed by atoms with van der Waals surface area (Å²) in [6, 6.07) is 11.4. The van der Waals surface area contributed by atoms with Gasteiger partial charge in [0.2, 0.25) is 5.91 Å². The molecule has 1 saturated heterocycles. The van der Waals surface area contributed by atoms with Crippen LogP contribution in [0.5, 0.6) is 5.75 Å². The van der Waals surface area contributed by atoms with E-state index in [0.29, 0.717) is 18.6 Å². The van der Waals surface area contributed by atoms with Crippen molar-refractivity contribution in [2.24, 2.45) is 5.41 Å². The molecular formula is C29H36N2O7. The highest BCUT2D eigenvalue weighted by molar-refractivity contribution is 6.21. The Balaban J connectivity index is 2.07. The average molecular weight is 525 g/mol. The van der Waals surface area contributed by atoms with E-state index in [2.05, 4.69) is 5.32 Å². The molecule has 1 aliphatic heterocycles. The van der Waals surface area contributed by atoms with Gasteiger partial charge in [-0.25, -0.2) is 9.69 Å². The number of Topliss-reactive ketones (excluding diaryl/α,β-unsaturated/α-hetero) is 2. The maximum absolute atomic E-state index is 13.7. The minimum Gasteiger partial charge on any atom is -0.464 e. The molecule has 2 amide bonds. The Bertz CT molecular complexity index is 1160. The van der Waals surface area contributed by atoms with E-state index in [4.69, 9.17) is 14.2 Å². The van der Waals surface area contributed by atoms with Crippen molar-refractivity contribution in [2.75, 3.05) is 30.5 Å². The molecule has 3 rings (SSSR count). The smallest absolute Gasteiger partial charge is 0.421 e. The number of hydrogen-bond donors (Lipinski definition) is 1. The number of nitrogens with one attached hydrogen (secondary N) is 1. The molecule has 0 aromatic heterocycles. The van der Waals surface area contributed by atoms with Crippen LogP contribution < -0.4 is 15.0 Å². The highest BCUT2D eigenvalue weighted by Gasteiger charge is 2.37. The molecule has 1 atom stereocenters. The van der Waals surface area contributed by atoms with E-state index in [1.807, 2.05) is 0 Å². The molecule has 38 heavy (non-hydrogen) atoms. The first-order valence-electron chi connectivity index (χ1n) is 12.8. The molecule has 1 aliphatic rings. The summed E-state index contributed by atoms with van der Waals surface area (Å²) in [7, 11) is 1.77. The number of carbonyl (C=O) groups excluding carboxylic acids is 4. The van der Waals surface area contributed by atoms with Gasteiger partial charge in [-0.15, -0.1) is 0 Å². The first kappa shape index (κ1) is 28.8. The molecule has 9 nitrogen and oxygen atoms in total. The zero-order valence-corrected chi connectivity index (χ0v) is 22.7. The molecular weight excluding hydrogens is 488 g/mol. The summed E-state index contributed by atoms with van der Waals surface area (Å²) in [5, 5.41) is 2.98. The molecule has 204 valence electrons. The molecule has 2 aromatic carbocycles. The summed E-state index contributed by atoms with van der Waals surface area (Å²) in [6.45, 7) is 7.17. The van der Waals surface area contributed by atoms with Gasteiger partial charge in [0.05, 0.1) is 30.9 Å². The van der Waals surface area contributed by atoms with Crippen molar-refractivity contribution < 1.29 is 33.4 Å². The highest BCUT2D eigenvalue weighted by Crippen LogP contribution is 2.35. The lowest BCUT2D eigenvalue weighted by Gasteiger charge is -2.30. The first-order valence-corrected chi connectivity index (χ1v) is 12.8. The van der Waals surface area contributed by atoms with Gasteiger partial charge >= 0.3 is 6.09 Å². The van der Waals surface area contributed by atoms with E-state index in [1.54, 1.807) is 71.1 Å². The van der Waals surface area contributed by atoms with Crippen LogP contribution in [0.2, 0.25) is 0 Å². The number of hydrogen-bond acceptors (Lipinski definition) is 8. The summed E-state index contributed by atoms with van der Waals surface area (Å²) in [5.74, 6) is -1.43. The zero-order chi connectivity index (χ0) is 27.9. The van der Waals surface area contributed by atoms with Crippen LogP contribution in [0.1, 0.15) is 74.1 Å². The van der Waals surface area contributed by atoms with Crippen LogP contribution in [0.3, 0.4) is 0 Å². The van der Waals surface area contributed by atoms with Crippen molar-refractivity contribution in [1.29, 1.82) is 0 Å². The number of ether oxygens (including phenoxy) is 3. The summed E-state index contributed by atoms with van der Waals surface area (Å²) < 4.78 is 17.0. The summed E-state index contributed by atoms with van der Waals surface area (Å²) in [4.78, 5) is 54.1. The van der Waals surface area contributed by atoms with Crippen LogP contribution >= 0.6 is 0 Å². The Hall–Kier alpha value is -3.72. The van der Waals surface area contributed by atoms with Gasteiger partial charge < -0.3 is 19.5 Å².